The van der Waals surface area contributed by atoms with E-state index in [-0.39, 0.29) is 35.3 Å². The molecular formula is C17H26ClN3O3. The van der Waals surface area contributed by atoms with E-state index < -0.39 is 5.91 Å². The summed E-state index contributed by atoms with van der Waals surface area (Å²) in [6, 6.07) is 0.211. The van der Waals surface area contributed by atoms with Crippen molar-refractivity contribution in [3.63, 3.8) is 0 Å². The quantitative estimate of drug-likeness (QED) is 0.676. The average molecular weight is 356 g/mol. The molecule has 134 valence electrons. The molecule has 0 bridgehead atoms. The first kappa shape index (κ1) is 18.8. The molecule has 6 nitrogen and oxygen atoms in total. The van der Waals surface area contributed by atoms with E-state index in [1.54, 1.807) is 4.57 Å². The van der Waals surface area contributed by atoms with Crippen LogP contribution in [0.1, 0.15) is 60.3 Å². The SMILES string of the molecule is CCNCCNC(=O)c1c(O)c2c(n(C3CC3)c1=O)CCCC2.Cl. The Balaban J connectivity index is 0.00000208. The zero-order chi connectivity index (χ0) is 16.4. The molecule has 2 aliphatic rings. The molecule has 24 heavy (non-hydrogen) atoms. The molecule has 0 radical (unpaired) electrons. The summed E-state index contributed by atoms with van der Waals surface area (Å²) in [5.74, 6) is -0.560. The van der Waals surface area contributed by atoms with Gasteiger partial charge in [-0.05, 0) is 45.1 Å². The van der Waals surface area contributed by atoms with E-state index in [1.165, 1.54) is 0 Å². The Labute approximate surface area is 148 Å². The Hall–Kier alpha value is -1.53. The maximum absolute atomic E-state index is 12.8. The van der Waals surface area contributed by atoms with Crippen LogP contribution in [0.3, 0.4) is 0 Å². The lowest BCUT2D eigenvalue weighted by molar-refractivity contribution is 0.0948. The number of likely N-dealkylation sites (N-methyl/N-ethyl adjacent to an activating group) is 1. The monoisotopic (exact) mass is 355 g/mol. The standard InChI is InChI=1S/C17H25N3O3.ClH/c1-2-18-9-10-19-16(22)14-15(21)12-5-3-4-6-13(12)20(17(14)23)11-7-8-11;/h11,18,21H,2-10H2,1H3,(H,19,22);1H. The number of halogens is 1. The number of carbonyl (C=O) groups excluding carboxylic acids is 1. The number of pyridine rings is 1. The summed E-state index contributed by atoms with van der Waals surface area (Å²) in [7, 11) is 0. The van der Waals surface area contributed by atoms with Gasteiger partial charge >= 0.3 is 0 Å². The average Bonchev–Trinajstić information content (AvgIpc) is 3.37. The van der Waals surface area contributed by atoms with Crippen molar-refractivity contribution in [1.82, 2.24) is 15.2 Å². The summed E-state index contributed by atoms with van der Waals surface area (Å²) in [4.78, 5) is 25.2. The smallest absolute Gasteiger partial charge is 0.267 e. The largest absolute Gasteiger partial charge is 0.507 e. The van der Waals surface area contributed by atoms with Crippen LogP contribution in [0.4, 0.5) is 0 Å². The van der Waals surface area contributed by atoms with Crippen LogP contribution in [0.2, 0.25) is 0 Å². The molecule has 1 amide bonds. The maximum atomic E-state index is 12.8. The Morgan fingerprint density at radius 3 is 2.62 bits per heavy atom. The van der Waals surface area contributed by atoms with Gasteiger partial charge in [-0.25, -0.2) is 0 Å². The van der Waals surface area contributed by atoms with Crippen molar-refractivity contribution >= 4 is 18.3 Å². The number of rotatable bonds is 6. The summed E-state index contributed by atoms with van der Waals surface area (Å²) in [5.41, 5.74) is 1.35. The van der Waals surface area contributed by atoms with Crippen molar-refractivity contribution in [1.29, 1.82) is 0 Å². The number of amides is 1. The molecule has 1 heterocycles. The number of nitrogens with one attached hydrogen (secondary N) is 2. The molecule has 1 aromatic heterocycles. The number of nitrogens with zero attached hydrogens (tertiary/aromatic N) is 1. The van der Waals surface area contributed by atoms with E-state index >= 15 is 0 Å². The number of fused-ring (bicyclic) bond motifs is 1. The fourth-order valence-electron chi connectivity index (χ4n) is 3.36. The number of hydrogen-bond acceptors (Lipinski definition) is 4. The summed E-state index contributed by atoms with van der Waals surface area (Å²) in [6.07, 6.45) is 5.55. The molecule has 1 fully saturated rings. The molecule has 0 aromatic carbocycles. The minimum absolute atomic E-state index is 0. The van der Waals surface area contributed by atoms with Crippen molar-refractivity contribution in [3.8, 4) is 5.75 Å². The van der Waals surface area contributed by atoms with Crippen molar-refractivity contribution in [2.24, 2.45) is 0 Å². The highest BCUT2D eigenvalue weighted by Crippen LogP contribution is 2.39. The van der Waals surface area contributed by atoms with Crippen LogP contribution in [0.5, 0.6) is 5.75 Å². The summed E-state index contributed by atoms with van der Waals surface area (Å²) in [6.45, 7) is 3.90. The van der Waals surface area contributed by atoms with Crippen LogP contribution in [-0.2, 0) is 12.8 Å². The summed E-state index contributed by atoms with van der Waals surface area (Å²) < 4.78 is 1.79. The normalized spacial score (nSPS) is 16.2. The molecule has 1 saturated carbocycles. The van der Waals surface area contributed by atoms with E-state index in [2.05, 4.69) is 10.6 Å². The third kappa shape index (κ3) is 3.59. The zero-order valence-corrected chi connectivity index (χ0v) is 14.9. The fourth-order valence-corrected chi connectivity index (χ4v) is 3.36. The molecule has 0 aliphatic heterocycles. The van der Waals surface area contributed by atoms with Gasteiger partial charge in [0.2, 0.25) is 0 Å². The minimum atomic E-state index is -0.465. The van der Waals surface area contributed by atoms with Crippen molar-refractivity contribution in [3.05, 3.63) is 27.2 Å². The van der Waals surface area contributed by atoms with E-state index in [1.807, 2.05) is 6.92 Å². The summed E-state index contributed by atoms with van der Waals surface area (Å²) >= 11 is 0. The Morgan fingerprint density at radius 2 is 1.96 bits per heavy atom. The second kappa shape index (κ2) is 8.03. The lowest BCUT2D eigenvalue weighted by Gasteiger charge is -2.23. The van der Waals surface area contributed by atoms with E-state index in [0.717, 1.165) is 56.3 Å². The molecule has 0 saturated heterocycles. The van der Waals surface area contributed by atoms with Gasteiger partial charge in [0, 0.05) is 30.4 Å². The van der Waals surface area contributed by atoms with Gasteiger partial charge in [0.05, 0.1) is 0 Å². The predicted molar refractivity (Wildman–Crippen MR) is 95.4 cm³/mol. The molecule has 0 unspecified atom stereocenters. The molecular weight excluding hydrogens is 330 g/mol. The molecule has 3 N–H and O–H groups in total. The molecule has 2 aliphatic carbocycles. The van der Waals surface area contributed by atoms with Gasteiger partial charge in [-0.3, -0.25) is 9.59 Å². The van der Waals surface area contributed by atoms with Crippen molar-refractivity contribution in [2.45, 2.75) is 51.5 Å². The van der Waals surface area contributed by atoms with Gasteiger partial charge in [0.1, 0.15) is 11.3 Å². The van der Waals surface area contributed by atoms with Crippen LogP contribution in [-0.4, -0.2) is 35.2 Å². The number of aromatic hydroxyl groups is 1. The van der Waals surface area contributed by atoms with E-state index in [4.69, 9.17) is 0 Å². The third-order valence-electron chi connectivity index (χ3n) is 4.66. The lowest BCUT2D eigenvalue weighted by atomic mass is 9.93. The molecule has 3 rings (SSSR count). The van der Waals surface area contributed by atoms with Gasteiger partial charge in [-0.2, -0.15) is 0 Å². The Bertz CT molecular complexity index is 668. The maximum Gasteiger partial charge on any atom is 0.267 e. The van der Waals surface area contributed by atoms with Gasteiger partial charge in [0.15, 0.2) is 0 Å². The van der Waals surface area contributed by atoms with Crippen LogP contribution < -0.4 is 16.2 Å². The molecule has 1 aromatic rings. The lowest BCUT2D eigenvalue weighted by Crippen LogP contribution is -2.38. The Kier molecular flexibility index (Phi) is 6.29. The van der Waals surface area contributed by atoms with E-state index in [0.29, 0.717) is 13.1 Å². The topological polar surface area (TPSA) is 83.4 Å². The first-order chi connectivity index (χ1) is 11.1. The Morgan fingerprint density at radius 1 is 1.25 bits per heavy atom. The van der Waals surface area contributed by atoms with Crippen LogP contribution in [0.25, 0.3) is 0 Å². The highest BCUT2D eigenvalue weighted by molar-refractivity contribution is 5.97. The first-order valence-electron chi connectivity index (χ1n) is 8.63. The second-order valence-electron chi connectivity index (χ2n) is 6.37. The molecule has 0 spiro atoms. The highest BCUT2D eigenvalue weighted by atomic mass is 35.5. The third-order valence-corrected chi connectivity index (χ3v) is 4.66. The highest BCUT2D eigenvalue weighted by Gasteiger charge is 2.33. The van der Waals surface area contributed by atoms with Crippen LogP contribution >= 0.6 is 12.4 Å². The number of hydrogen-bond donors (Lipinski definition) is 3. The zero-order valence-electron chi connectivity index (χ0n) is 14.1. The van der Waals surface area contributed by atoms with Crippen LogP contribution in [0, 0.1) is 0 Å². The van der Waals surface area contributed by atoms with Crippen LogP contribution in [0.15, 0.2) is 4.79 Å². The van der Waals surface area contributed by atoms with Crippen molar-refractivity contribution in [2.75, 3.05) is 19.6 Å². The van der Waals surface area contributed by atoms with Gasteiger partial charge in [0.25, 0.3) is 11.5 Å². The van der Waals surface area contributed by atoms with Gasteiger partial charge in [-0.1, -0.05) is 6.92 Å². The fraction of sp³-hybridized carbons (Fsp3) is 0.647. The minimum Gasteiger partial charge on any atom is -0.507 e. The summed E-state index contributed by atoms with van der Waals surface area (Å²) in [5, 5.41) is 16.4. The molecule has 0 atom stereocenters. The van der Waals surface area contributed by atoms with Gasteiger partial charge < -0.3 is 20.3 Å². The second-order valence-corrected chi connectivity index (χ2v) is 6.37. The number of carbonyl (C=O) groups is 1. The predicted octanol–water partition coefficient (Wildman–Crippen LogP) is 1.53. The van der Waals surface area contributed by atoms with Gasteiger partial charge in [-0.15, -0.1) is 12.4 Å². The molecule has 7 heteroatoms. The van der Waals surface area contributed by atoms with Crippen molar-refractivity contribution < 1.29 is 9.90 Å². The number of aromatic nitrogens is 1. The van der Waals surface area contributed by atoms with E-state index in [9.17, 15) is 14.7 Å². The first-order valence-corrected chi connectivity index (χ1v) is 8.63.